The van der Waals surface area contributed by atoms with Gasteiger partial charge < -0.3 is 18.7 Å². The van der Waals surface area contributed by atoms with E-state index in [1.165, 1.54) is 0 Å². The highest BCUT2D eigenvalue weighted by Gasteiger charge is 2.47. The van der Waals surface area contributed by atoms with E-state index in [9.17, 15) is 5.11 Å². The molecule has 6 heteroatoms. The maximum atomic E-state index is 9.44. The highest BCUT2D eigenvalue weighted by molar-refractivity contribution is 6.74. The number of aliphatic hydroxyl groups excluding tert-OH is 1. The summed E-state index contributed by atoms with van der Waals surface area (Å²) in [6.45, 7) is 27.3. The Labute approximate surface area is 182 Å². The Hall–Kier alpha value is 0.0138. The van der Waals surface area contributed by atoms with E-state index in [0.29, 0.717) is 0 Å². The van der Waals surface area contributed by atoms with E-state index in [1.807, 2.05) is 0 Å². The molecule has 0 aliphatic carbocycles. The Kier molecular flexibility index (Phi) is 9.01. The molecular weight excluding hydrogens is 396 g/mol. The molecule has 1 aliphatic heterocycles. The van der Waals surface area contributed by atoms with Crippen molar-refractivity contribution in [3.63, 3.8) is 0 Å². The Balaban J connectivity index is 3.12. The molecule has 29 heavy (non-hydrogen) atoms. The first-order valence-corrected chi connectivity index (χ1v) is 17.0. The average Bonchev–Trinajstić information content (AvgIpc) is 3.28. The molecule has 1 rings (SSSR count). The number of hydrogen-bond acceptors (Lipinski definition) is 4. The molecular formula is C23H48O4Si2. The van der Waals surface area contributed by atoms with E-state index < -0.39 is 16.6 Å². The minimum Gasteiger partial charge on any atom is -0.413 e. The summed E-state index contributed by atoms with van der Waals surface area (Å²) in [6, 6.07) is 0. The van der Waals surface area contributed by atoms with Crippen molar-refractivity contribution < 1.29 is 18.7 Å². The number of epoxide rings is 1. The van der Waals surface area contributed by atoms with Crippen LogP contribution in [0.2, 0.25) is 36.3 Å². The van der Waals surface area contributed by atoms with Gasteiger partial charge in [0.05, 0.1) is 24.9 Å². The third-order valence-electron chi connectivity index (χ3n) is 7.31. The van der Waals surface area contributed by atoms with Gasteiger partial charge >= 0.3 is 0 Å². The average molecular weight is 445 g/mol. The van der Waals surface area contributed by atoms with Crippen LogP contribution in [0.25, 0.3) is 0 Å². The van der Waals surface area contributed by atoms with Crippen LogP contribution in [-0.4, -0.2) is 52.8 Å². The molecule has 5 atom stereocenters. The molecule has 4 nitrogen and oxygen atoms in total. The summed E-state index contributed by atoms with van der Waals surface area (Å²) in [6.07, 6.45) is 5.23. The van der Waals surface area contributed by atoms with Crippen LogP contribution in [0.1, 0.15) is 61.8 Å². The molecule has 1 aliphatic rings. The number of allylic oxidation sites excluding steroid dienone is 1. The molecule has 0 radical (unpaired) electrons. The van der Waals surface area contributed by atoms with Gasteiger partial charge in [0.15, 0.2) is 16.6 Å². The van der Waals surface area contributed by atoms with Gasteiger partial charge in [-0.3, -0.25) is 0 Å². The van der Waals surface area contributed by atoms with Crippen molar-refractivity contribution in [3.05, 3.63) is 12.2 Å². The van der Waals surface area contributed by atoms with Gasteiger partial charge in [-0.1, -0.05) is 60.6 Å². The zero-order valence-electron chi connectivity index (χ0n) is 21.1. The van der Waals surface area contributed by atoms with Crippen LogP contribution < -0.4 is 0 Å². The quantitative estimate of drug-likeness (QED) is 0.250. The van der Waals surface area contributed by atoms with Gasteiger partial charge in [0.25, 0.3) is 0 Å². The summed E-state index contributed by atoms with van der Waals surface area (Å²) in [4.78, 5) is 0. The lowest BCUT2D eigenvalue weighted by Gasteiger charge is -2.44. The van der Waals surface area contributed by atoms with E-state index in [2.05, 4.69) is 93.7 Å². The number of ether oxygens (including phenoxy) is 1. The fourth-order valence-corrected chi connectivity index (χ4v) is 5.69. The zero-order chi connectivity index (χ0) is 22.8. The summed E-state index contributed by atoms with van der Waals surface area (Å²) in [7, 11) is -3.87. The van der Waals surface area contributed by atoms with Crippen molar-refractivity contribution in [1.29, 1.82) is 0 Å². The molecule has 0 aromatic carbocycles. The first-order chi connectivity index (χ1) is 13.0. The van der Waals surface area contributed by atoms with Crippen LogP contribution in [0.5, 0.6) is 0 Å². The Morgan fingerprint density at radius 1 is 0.931 bits per heavy atom. The smallest absolute Gasteiger partial charge is 0.192 e. The van der Waals surface area contributed by atoms with Gasteiger partial charge in [-0.25, -0.2) is 0 Å². The monoisotopic (exact) mass is 444 g/mol. The SMILES string of the molecule is C/C=C/[C@@H](O[Si](C)(C)C(C)(C)C)[C@H](C)[C@H](C[C@@H]1O[C@H]1CO)O[Si](C)(C)C(C)(C)C. The minimum atomic E-state index is -1.95. The lowest BCUT2D eigenvalue weighted by atomic mass is 9.94. The van der Waals surface area contributed by atoms with Crippen molar-refractivity contribution >= 4 is 16.6 Å². The van der Waals surface area contributed by atoms with Gasteiger partial charge in [-0.05, 0) is 43.2 Å². The summed E-state index contributed by atoms with van der Waals surface area (Å²) in [5.74, 6) is 0.206. The first kappa shape index (κ1) is 27.0. The van der Waals surface area contributed by atoms with Crippen LogP contribution in [0.3, 0.4) is 0 Å². The Morgan fingerprint density at radius 2 is 1.41 bits per heavy atom. The maximum absolute atomic E-state index is 9.44. The predicted molar refractivity (Wildman–Crippen MR) is 128 cm³/mol. The van der Waals surface area contributed by atoms with E-state index in [1.54, 1.807) is 0 Å². The molecule has 0 spiro atoms. The number of aliphatic hydroxyl groups is 1. The molecule has 1 heterocycles. The third kappa shape index (κ3) is 7.28. The van der Waals surface area contributed by atoms with E-state index in [-0.39, 0.29) is 47.0 Å². The summed E-state index contributed by atoms with van der Waals surface area (Å²) >= 11 is 0. The molecule has 1 fully saturated rings. The van der Waals surface area contributed by atoms with Crippen molar-refractivity contribution in [3.8, 4) is 0 Å². The van der Waals surface area contributed by atoms with E-state index in [4.69, 9.17) is 13.6 Å². The summed E-state index contributed by atoms with van der Waals surface area (Å²) in [5.41, 5.74) is 0. The van der Waals surface area contributed by atoms with Crippen LogP contribution in [-0.2, 0) is 13.6 Å². The topological polar surface area (TPSA) is 51.2 Å². The minimum absolute atomic E-state index is 0.0157. The number of hydrogen-bond donors (Lipinski definition) is 1. The molecule has 0 saturated carbocycles. The van der Waals surface area contributed by atoms with Crippen molar-refractivity contribution in [1.82, 2.24) is 0 Å². The van der Waals surface area contributed by atoms with Crippen molar-refractivity contribution in [2.45, 2.75) is 122 Å². The van der Waals surface area contributed by atoms with E-state index in [0.717, 1.165) is 6.42 Å². The lowest BCUT2D eigenvalue weighted by Crippen LogP contribution is -2.50. The number of rotatable bonds is 10. The van der Waals surface area contributed by atoms with E-state index >= 15 is 0 Å². The highest BCUT2D eigenvalue weighted by atomic mass is 28.4. The lowest BCUT2D eigenvalue weighted by molar-refractivity contribution is 0.0473. The molecule has 0 unspecified atom stereocenters. The predicted octanol–water partition coefficient (Wildman–Crippen LogP) is 6.13. The summed E-state index contributed by atoms with van der Waals surface area (Å²) in [5, 5.41) is 9.74. The second kappa shape index (κ2) is 9.66. The maximum Gasteiger partial charge on any atom is 0.192 e. The van der Waals surface area contributed by atoms with Crippen LogP contribution in [0.15, 0.2) is 12.2 Å². The van der Waals surface area contributed by atoms with Crippen molar-refractivity contribution in [2.75, 3.05) is 6.61 Å². The zero-order valence-corrected chi connectivity index (χ0v) is 23.1. The standard InChI is InChI=1S/C23H48O4Si2/c1-13-14-18(26-28(9,10)22(3,4)5)17(2)19(15-20-21(16-24)25-20)27-29(11,12)23(6,7)8/h13-14,17-21,24H,15-16H2,1-12H3/b14-13+/t17-,18+,19-,20-,21-/m0/s1. The van der Waals surface area contributed by atoms with Crippen LogP contribution >= 0.6 is 0 Å². The third-order valence-corrected chi connectivity index (χ3v) is 16.3. The summed E-state index contributed by atoms with van der Waals surface area (Å²) < 4.78 is 19.4. The molecule has 0 bridgehead atoms. The van der Waals surface area contributed by atoms with Gasteiger partial charge in [0.2, 0.25) is 0 Å². The Morgan fingerprint density at radius 3 is 1.79 bits per heavy atom. The van der Waals surface area contributed by atoms with Crippen LogP contribution in [0.4, 0.5) is 0 Å². The first-order valence-electron chi connectivity index (χ1n) is 11.2. The largest absolute Gasteiger partial charge is 0.413 e. The molecule has 172 valence electrons. The fraction of sp³-hybridized carbons (Fsp3) is 0.913. The fourth-order valence-electron chi connectivity index (χ4n) is 2.94. The van der Waals surface area contributed by atoms with Crippen molar-refractivity contribution in [2.24, 2.45) is 5.92 Å². The normalized spacial score (nSPS) is 24.6. The van der Waals surface area contributed by atoms with Gasteiger partial charge in [-0.2, -0.15) is 0 Å². The van der Waals surface area contributed by atoms with Gasteiger partial charge in [-0.15, -0.1) is 0 Å². The van der Waals surface area contributed by atoms with Gasteiger partial charge in [0.1, 0.15) is 6.10 Å². The highest BCUT2D eigenvalue weighted by Crippen LogP contribution is 2.42. The molecule has 0 aromatic heterocycles. The van der Waals surface area contributed by atoms with Gasteiger partial charge in [0, 0.05) is 12.3 Å². The molecule has 1 N–H and O–H groups in total. The second-order valence-electron chi connectivity index (χ2n) is 11.8. The Bertz CT molecular complexity index is 546. The molecule has 0 aromatic rings. The van der Waals surface area contributed by atoms with Crippen LogP contribution in [0, 0.1) is 5.92 Å². The second-order valence-corrected chi connectivity index (χ2v) is 21.3. The molecule has 0 amide bonds. The molecule has 1 saturated heterocycles.